The monoisotopic (exact) mass is 486 g/mol. The Kier molecular flexibility index (Phi) is 13.0. The van der Waals surface area contributed by atoms with Crippen LogP contribution in [0.3, 0.4) is 0 Å². The molecule has 0 bridgehead atoms. The summed E-state index contributed by atoms with van der Waals surface area (Å²) >= 11 is 0. The summed E-state index contributed by atoms with van der Waals surface area (Å²) in [6.45, 7) is 2.81. The average Bonchev–Trinajstić information content (AvgIpc) is 2.76. The number of hydrogen-bond donors (Lipinski definition) is 6. The molecule has 0 spiro atoms. The first-order chi connectivity index (χ1) is 16.1. The predicted molar refractivity (Wildman–Crippen MR) is 123 cm³/mol. The predicted octanol–water partition coefficient (Wildman–Crippen LogP) is -0.0939. The lowest BCUT2D eigenvalue weighted by Gasteiger charge is -2.38. The molecule has 0 fully saturated rings. The van der Waals surface area contributed by atoms with Crippen LogP contribution in [0.15, 0.2) is 16.8 Å². The van der Waals surface area contributed by atoms with E-state index in [4.69, 9.17) is 20.9 Å². The van der Waals surface area contributed by atoms with Gasteiger partial charge in [0.15, 0.2) is 5.96 Å². The third-order valence-corrected chi connectivity index (χ3v) is 5.32. The molecule has 194 valence electrons. The summed E-state index contributed by atoms with van der Waals surface area (Å²) in [5.74, 6) is -3.44. The number of hydrogen-bond acceptors (Lipinski definition) is 8. The number of carbonyl (C=O) groups is 3. The smallest absolute Gasteiger partial charge is 0.370 e. The van der Waals surface area contributed by atoms with Gasteiger partial charge in [-0.1, -0.05) is 45.4 Å². The number of aliphatic hydroxyl groups excluding tert-OH is 2. The third-order valence-electron chi connectivity index (χ3n) is 5.32. The average molecular weight is 487 g/mol. The molecule has 0 aromatic rings. The molecule has 1 aliphatic heterocycles. The SMILES string of the molecule is CCCCCCCCCC(=O)OCC(O)C(O)C1OC(C(=O)O)=CC(N=C(N)N)C1NC(C)=O. The lowest BCUT2D eigenvalue weighted by molar-refractivity contribution is -0.156. The van der Waals surface area contributed by atoms with Crippen LogP contribution in [0.25, 0.3) is 0 Å². The molecule has 5 atom stereocenters. The van der Waals surface area contributed by atoms with Crippen LogP contribution >= 0.6 is 0 Å². The van der Waals surface area contributed by atoms with Crippen molar-refractivity contribution in [3.8, 4) is 0 Å². The highest BCUT2D eigenvalue weighted by Crippen LogP contribution is 2.25. The van der Waals surface area contributed by atoms with E-state index in [1.54, 1.807) is 0 Å². The van der Waals surface area contributed by atoms with Crippen molar-refractivity contribution in [3.05, 3.63) is 11.8 Å². The number of aliphatic imine (C=N–C) groups is 1. The number of ether oxygens (including phenoxy) is 2. The summed E-state index contributed by atoms with van der Waals surface area (Å²) in [7, 11) is 0. The van der Waals surface area contributed by atoms with Crippen LogP contribution in [0.2, 0.25) is 0 Å². The van der Waals surface area contributed by atoms with Crippen LogP contribution < -0.4 is 16.8 Å². The fraction of sp³-hybridized carbons (Fsp3) is 0.727. The zero-order chi connectivity index (χ0) is 25.7. The van der Waals surface area contributed by atoms with E-state index in [1.807, 2.05) is 0 Å². The Morgan fingerprint density at radius 3 is 2.32 bits per heavy atom. The van der Waals surface area contributed by atoms with Crippen molar-refractivity contribution in [3.63, 3.8) is 0 Å². The number of unbranched alkanes of at least 4 members (excludes halogenated alkanes) is 6. The van der Waals surface area contributed by atoms with E-state index >= 15 is 0 Å². The van der Waals surface area contributed by atoms with Crippen LogP contribution in [0.1, 0.15) is 65.2 Å². The summed E-state index contributed by atoms with van der Waals surface area (Å²) < 4.78 is 10.4. The Morgan fingerprint density at radius 1 is 1.15 bits per heavy atom. The second-order valence-electron chi connectivity index (χ2n) is 8.30. The highest BCUT2D eigenvalue weighted by Gasteiger charge is 2.44. The van der Waals surface area contributed by atoms with Crippen LogP contribution in [0.4, 0.5) is 0 Å². The molecular formula is C22H38N4O8. The number of amides is 1. The van der Waals surface area contributed by atoms with Gasteiger partial charge >= 0.3 is 11.9 Å². The Hall–Kier alpha value is -2.86. The molecule has 0 aromatic carbocycles. The van der Waals surface area contributed by atoms with Crippen molar-refractivity contribution in [1.29, 1.82) is 0 Å². The van der Waals surface area contributed by atoms with E-state index < -0.39 is 60.6 Å². The van der Waals surface area contributed by atoms with E-state index in [0.717, 1.165) is 25.3 Å². The van der Waals surface area contributed by atoms with Gasteiger partial charge in [0.25, 0.3) is 0 Å². The molecule has 0 saturated heterocycles. The Labute approximate surface area is 199 Å². The zero-order valence-corrected chi connectivity index (χ0v) is 19.8. The summed E-state index contributed by atoms with van der Waals surface area (Å²) in [6.07, 6.45) is 3.74. The van der Waals surface area contributed by atoms with Gasteiger partial charge in [0.1, 0.15) is 24.9 Å². The summed E-state index contributed by atoms with van der Waals surface area (Å²) in [4.78, 5) is 39.0. The van der Waals surface area contributed by atoms with Gasteiger partial charge in [0, 0.05) is 13.3 Å². The molecule has 0 saturated carbocycles. The number of carboxylic acids is 1. The number of esters is 1. The minimum Gasteiger partial charge on any atom is -0.478 e. The molecule has 0 radical (unpaired) electrons. The lowest BCUT2D eigenvalue weighted by Crippen LogP contribution is -2.60. The number of guanidine groups is 1. The van der Waals surface area contributed by atoms with Crippen LogP contribution in [0, 0.1) is 0 Å². The number of carboxylic acid groups (broad SMARTS) is 1. The molecule has 1 aliphatic rings. The largest absolute Gasteiger partial charge is 0.478 e. The maximum absolute atomic E-state index is 12.0. The number of nitrogens with two attached hydrogens (primary N) is 2. The quantitative estimate of drug-likeness (QED) is 0.0784. The highest BCUT2D eigenvalue weighted by atomic mass is 16.6. The number of aliphatic carboxylic acids is 1. The topological polar surface area (TPSA) is 207 Å². The molecule has 12 heteroatoms. The third kappa shape index (κ3) is 10.4. The van der Waals surface area contributed by atoms with Crippen molar-refractivity contribution < 1.29 is 39.2 Å². The van der Waals surface area contributed by atoms with Crippen LogP contribution in [-0.2, 0) is 23.9 Å². The van der Waals surface area contributed by atoms with Crippen molar-refractivity contribution >= 4 is 23.8 Å². The summed E-state index contributed by atoms with van der Waals surface area (Å²) in [6, 6.07) is -2.18. The molecule has 8 N–H and O–H groups in total. The molecule has 34 heavy (non-hydrogen) atoms. The number of nitrogens with zero attached hydrogens (tertiary/aromatic N) is 1. The lowest BCUT2D eigenvalue weighted by atomic mass is 9.92. The van der Waals surface area contributed by atoms with E-state index in [1.165, 1.54) is 26.2 Å². The van der Waals surface area contributed by atoms with Gasteiger partial charge in [-0.05, 0) is 12.5 Å². The number of rotatable bonds is 15. The van der Waals surface area contributed by atoms with E-state index in [0.29, 0.717) is 6.42 Å². The first-order valence-electron chi connectivity index (χ1n) is 11.6. The van der Waals surface area contributed by atoms with Crippen molar-refractivity contribution in [1.82, 2.24) is 5.32 Å². The van der Waals surface area contributed by atoms with Gasteiger partial charge < -0.3 is 41.6 Å². The molecule has 5 unspecified atom stereocenters. The molecule has 0 aromatic heterocycles. The first kappa shape index (κ1) is 29.2. The van der Waals surface area contributed by atoms with Crippen molar-refractivity contribution in [2.75, 3.05) is 6.61 Å². The standard InChI is InChI=1S/C22H38N4O8/c1-3-4-5-6-7-8-9-10-17(29)33-12-15(28)19(30)20-18(25-13(2)27)14(26-22(23)24)11-16(34-20)21(31)32/h11,14-15,18-20,28,30H,3-10,12H2,1-2H3,(H,25,27)(H,31,32)(H4,23,24,26). The van der Waals surface area contributed by atoms with Gasteiger partial charge in [0.05, 0.1) is 12.1 Å². The number of aliphatic hydroxyl groups is 2. The van der Waals surface area contributed by atoms with Gasteiger partial charge in [-0.3, -0.25) is 9.59 Å². The maximum atomic E-state index is 12.0. The Balaban J connectivity index is 2.72. The van der Waals surface area contributed by atoms with Crippen LogP contribution in [0.5, 0.6) is 0 Å². The Bertz CT molecular complexity index is 738. The molecular weight excluding hydrogens is 448 g/mol. The van der Waals surface area contributed by atoms with Crippen molar-refractivity contribution in [2.45, 2.75) is 95.6 Å². The van der Waals surface area contributed by atoms with Gasteiger partial charge in [-0.2, -0.15) is 0 Å². The van der Waals surface area contributed by atoms with Gasteiger partial charge in [-0.15, -0.1) is 0 Å². The Morgan fingerprint density at radius 2 is 1.76 bits per heavy atom. The fourth-order valence-electron chi connectivity index (χ4n) is 3.60. The first-order valence-corrected chi connectivity index (χ1v) is 11.6. The minimum atomic E-state index is -1.73. The summed E-state index contributed by atoms with van der Waals surface area (Å²) in [5, 5.41) is 32.9. The van der Waals surface area contributed by atoms with Crippen LogP contribution in [-0.4, -0.2) is 76.1 Å². The second-order valence-corrected chi connectivity index (χ2v) is 8.30. The molecule has 1 rings (SSSR count). The summed E-state index contributed by atoms with van der Waals surface area (Å²) in [5.41, 5.74) is 10.8. The number of nitrogens with one attached hydrogen (secondary N) is 1. The second kappa shape index (κ2) is 15.1. The van der Waals surface area contributed by atoms with Gasteiger partial charge in [-0.25, -0.2) is 9.79 Å². The molecule has 12 nitrogen and oxygen atoms in total. The van der Waals surface area contributed by atoms with Gasteiger partial charge in [0.2, 0.25) is 11.7 Å². The normalized spacial score (nSPS) is 21.4. The minimum absolute atomic E-state index is 0.184. The van der Waals surface area contributed by atoms with Crippen molar-refractivity contribution in [2.24, 2.45) is 16.5 Å². The molecule has 1 heterocycles. The van der Waals surface area contributed by atoms with E-state index in [2.05, 4.69) is 17.2 Å². The maximum Gasteiger partial charge on any atom is 0.370 e. The number of carbonyl (C=O) groups excluding carboxylic acids is 2. The zero-order valence-electron chi connectivity index (χ0n) is 19.8. The highest BCUT2D eigenvalue weighted by molar-refractivity contribution is 5.85. The molecule has 0 aliphatic carbocycles. The van der Waals surface area contributed by atoms with E-state index in [9.17, 15) is 29.7 Å². The molecule has 1 amide bonds. The fourth-order valence-corrected chi connectivity index (χ4v) is 3.60. The van der Waals surface area contributed by atoms with E-state index in [-0.39, 0.29) is 12.4 Å².